The summed E-state index contributed by atoms with van der Waals surface area (Å²) in [6.45, 7) is 4.73. The quantitative estimate of drug-likeness (QED) is 0.858. The maximum absolute atomic E-state index is 6.11. The molecule has 0 radical (unpaired) electrons. The van der Waals surface area contributed by atoms with Crippen molar-refractivity contribution < 1.29 is 9.26 Å². The van der Waals surface area contributed by atoms with Crippen molar-refractivity contribution in [1.82, 2.24) is 10.1 Å². The molecule has 1 aliphatic rings. The van der Waals surface area contributed by atoms with Crippen molar-refractivity contribution in [3.05, 3.63) is 29.1 Å². The van der Waals surface area contributed by atoms with Crippen LogP contribution in [0.3, 0.4) is 0 Å². The Morgan fingerprint density at radius 1 is 1.35 bits per heavy atom. The topological polar surface area (TPSA) is 74.2 Å². The number of nitrogens with zero attached hydrogens (tertiary/aromatic N) is 2. The monoisotopic (exact) mass is 291 g/mol. The van der Waals surface area contributed by atoms with Crippen molar-refractivity contribution >= 4 is 17.4 Å². The third kappa shape index (κ3) is 2.53. The van der Waals surface area contributed by atoms with Gasteiger partial charge in [-0.3, -0.25) is 0 Å². The van der Waals surface area contributed by atoms with Crippen LogP contribution in [0.5, 0.6) is 0 Å². The number of benzene rings is 1. The molecule has 0 bridgehead atoms. The fourth-order valence-corrected chi connectivity index (χ4v) is 3.11. The van der Waals surface area contributed by atoms with Gasteiger partial charge in [0.1, 0.15) is 6.10 Å². The number of anilines is 1. The first-order chi connectivity index (χ1) is 9.65. The van der Waals surface area contributed by atoms with Gasteiger partial charge in [-0.15, -0.1) is 0 Å². The molecule has 1 aromatic carbocycles. The van der Waals surface area contributed by atoms with Crippen LogP contribution in [0.25, 0.3) is 11.5 Å². The van der Waals surface area contributed by atoms with E-state index in [4.69, 9.17) is 15.0 Å². The first-order valence-electron chi connectivity index (χ1n) is 6.55. The van der Waals surface area contributed by atoms with Crippen LogP contribution >= 0.6 is 11.8 Å². The molecular weight excluding hydrogens is 274 g/mol. The van der Waals surface area contributed by atoms with E-state index in [9.17, 15) is 0 Å². The SMILES string of the molecule is Cc1cc(C)c(N)c(-c2nc(C3CSCCO3)no2)c1. The Morgan fingerprint density at radius 2 is 2.20 bits per heavy atom. The maximum Gasteiger partial charge on any atom is 0.260 e. The van der Waals surface area contributed by atoms with E-state index in [1.807, 2.05) is 37.7 Å². The second kappa shape index (κ2) is 5.46. The molecule has 0 amide bonds. The summed E-state index contributed by atoms with van der Waals surface area (Å²) in [6, 6.07) is 4.01. The van der Waals surface area contributed by atoms with Crippen LogP contribution in [0.2, 0.25) is 0 Å². The number of rotatable bonds is 2. The van der Waals surface area contributed by atoms with E-state index in [1.54, 1.807) is 0 Å². The molecule has 0 saturated carbocycles. The largest absolute Gasteiger partial charge is 0.398 e. The Labute approximate surface area is 121 Å². The van der Waals surface area contributed by atoms with Crippen molar-refractivity contribution in [2.24, 2.45) is 0 Å². The number of ether oxygens (including phenoxy) is 1. The number of thioether (sulfide) groups is 1. The van der Waals surface area contributed by atoms with Crippen molar-refractivity contribution in [2.75, 3.05) is 23.8 Å². The van der Waals surface area contributed by atoms with Gasteiger partial charge in [-0.05, 0) is 31.0 Å². The minimum Gasteiger partial charge on any atom is -0.398 e. The lowest BCUT2D eigenvalue weighted by Gasteiger charge is -2.18. The van der Waals surface area contributed by atoms with Gasteiger partial charge in [-0.1, -0.05) is 11.2 Å². The van der Waals surface area contributed by atoms with E-state index in [0.717, 1.165) is 34.8 Å². The number of aromatic nitrogens is 2. The Balaban J connectivity index is 1.93. The predicted octanol–water partition coefficient (Wildman–Crippen LogP) is 2.74. The van der Waals surface area contributed by atoms with Crippen LogP contribution < -0.4 is 5.73 Å². The number of hydrogen-bond acceptors (Lipinski definition) is 6. The average molecular weight is 291 g/mol. The fraction of sp³-hybridized carbons (Fsp3) is 0.429. The lowest BCUT2D eigenvalue weighted by Crippen LogP contribution is -2.16. The zero-order valence-corrected chi connectivity index (χ0v) is 12.4. The summed E-state index contributed by atoms with van der Waals surface area (Å²) < 4.78 is 11.0. The minimum atomic E-state index is -0.0848. The molecule has 6 heteroatoms. The Kier molecular flexibility index (Phi) is 3.67. The van der Waals surface area contributed by atoms with Gasteiger partial charge in [-0.25, -0.2) is 0 Å². The van der Waals surface area contributed by atoms with E-state index in [-0.39, 0.29) is 6.10 Å². The molecule has 2 aromatic rings. The standard InChI is InChI=1S/C14H17N3O2S/c1-8-5-9(2)12(15)10(6-8)14-16-13(17-19-14)11-7-20-4-3-18-11/h5-6,11H,3-4,7,15H2,1-2H3. The van der Waals surface area contributed by atoms with E-state index in [0.29, 0.717) is 17.4 Å². The average Bonchev–Trinajstić information content (AvgIpc) is 2.93. The highest BCUT2D eigenvalue weighted by molar-refractivity contribution is 7.99. The van der Waals surface area contributed by atoms with Crippen LogP contribution in [0.4, 0.5) is 5.69 Å². The Bertz CT molecular complexity index is 621. The molecule has 3 rings (SSSR count). The third-order valence-corrected chi connectivity index (χ3v) is 4.30. The highest BCUT2D eigenvalue weighted by Crippen LogP contribution is 2.31. The van der Waals surface area contributed by atoms with Crippen LogP contribution in [0, 0.1) is 13.8 Å². The van der Waals surface area contributed by atoms with Gasteiger partial charge in [0.15, 0.2) is 0 Å². The normalized spacial score (nSPS) is 19.2. The van der Waals surface area contributed by atoms with Crippen LogP contribution in [-0.4, -0.2) is 28.3 Å². The molecule has 1 atom stereocenters. The number of hydrogen-bond donors (Lipinski definition) is 1. The summed E-state index contributed by atoms with van der Waals surface area (Å²) in [5.41, 5.74) is 9.73. The third-order valence-electron chi connectivity index (χ3n) is 3.31. The molecule has 1 aromatic heterocycles. The van der Waals surface area contributed by atoms with Gasteiger partial charge < -0.3 is 15.0 Å². The van der Waals surface area contributed by atoms with Gasteiger partial charge in [0.25, 0.3) is 5.89 Å². The molecule has 0 spiro atoms. The van der Waals surface area contributed by atoms with Gasteiger partial charge in [0.2, 0.25) is 5.82 Å². The number of aryl methyl sites for hydroxylation is 2. The number of nitrogen functional groups attached to an aromatic ring is 1. The first kappa shape index (κ1) is 13.5. The van der Waals surface area contributed by atoms with Crippen LogP contribution in [0.1, 0.15) is 23.1 Å². The van der Waals surface area contributed by atoms with Gasteiger partial charge in [-0.2, -0.15) is 16.7 Å². The number of nitrogens with two attached hydrogens (primary N) is 1. The van der Waals surface area contributed by atoms with E-state index >= 15 is 0 Å². The van der Waals surface area contributed by atoms with E-state index in [2.05, 4.69) is 10.1 Å². The summed E-state index contributed by atoms with van der Waals surface area (Å²) in [4.78, 5) is 4.45. The molecule has 1 saturated heterocycles. The van der Waals surface area contributed by atoms with Crippen molar-refractivity contribution in [2.45, 2.75) is 20.0 Å². The summed E-state index contributed by atoms with van der Waals surface area (Å²) in [6.07, 6.45) is -0.0848. The van der Waals surface area contributed by atoms with Crippen molar-refractivity contribution in [3.8, 4) is 11.5 Å². The Hall–Kier alpha value is -1.53. The molecule has 20 heavy (non-hydrogen) atoms. The van der Waals surface area contributed by atoms with Gasteiger partial charge in [0.05, 0.1) is 12.2 Å². The molecular formula is C14H17N3O2S. The molecule has 2 heterocycles. The zero-order chi connectivity index (χ0) is 14.1. The zero-order valence-electron chi connectivity index (χ0n) is 11.5. The van der Waals surface area contributed by atoms with Crippen molar-refractivity contribution in [1.29, 1.82) is 0 Å². The summed E-state index contributed by atoms with van der Waals surface area (Å²) in [5.74, 6) is 2.95. The smallest absolute Gasteiger partial charge is 0.260 e. The minimum absolute atomic E-state index is 0.0848. The predicted molar refractivity (Wildman–Crippen MR) is 79.6 cm³/mol. The summed E-state index contributed by atoms with van der Waals surface area (Å²) >= 11 is 1.84. The van der Waals surface area contributed by atoms with Crippen LogP contribution in [-0.2, 0) is 4.74 Å². The molecule has 1 fully saturated rings. The van der Waals surface area contributed by atoms with E-state index < -0.39 is 0 Å². The second-order valence-electron chi connectivity index (χ2n) is 4.94. The lowest BCUT2D eigenvalue weighted by molar-refractivity contribution is 0.0677. The molecule has 1 unspecified atom stereocenters. The van der Waals surface area contributed by atoms with Crippen LogP contribution in [0.15, 0.2) is 16.7 Å². The second-order valence-corrected chi connectivity index (χ2v) is 6.08. The van der Waals surface area contributed by atoms with E-state index in [1.165, 1.54) is 0 Å². The lowest BCUT2D eigenvalue weighted by atomic mass is 10.0. The molecule has 5 nitrogen and oxygen atoms in total. The summed E-state index contributed by atoms with van der Waals surface area (Å²) in [7, 11) is 0. The molecule has 1 aliphatic heterocycles. The highest BCUT2D eigenvalue weighted by Gasteiger charge is 2.23. The molecule has 0 aliphatic carbocycles. The fourth-order valence-electron chi connectivity index (χ4n) is 2.27. The maximum atomic E-state index is 6.11. The molecule has 2 N–H and O–H groups in total. The Morgan fingerprint density at radius 3 is 2.95 bits per heavy atom. The van der Waals surface area contributed by atoms with Gasteiger partial charge in [0, 0.05) is 17.2 Å². The van der Waals surface area contributed by atoms with Crippen molar-refractivity contribution in [3.63, 3.8) is 0 Å². The summed E-state index contributed by atoms with van der Waals surface area (Å²) in [5, 5.41) is 4.04. The molecule has 106 valence electrons. The van der Waals surface area contributed by atoms with Gasteiger partial charge >= 0.3 is 0 Å². The highest BCUT2D eigenvalue weighted by atomic mass is 32.2. The first-order valence-corrected chi connectivity index (χ1v) is 7.70.